The van der Waals surface area contributed by atoms with Gasteiger partial charge in [0.1, 0.15) is 0 Å². The molecule has 1 heterocycles. The number of ether oxygens (including phenoxy) is 1. The van der Waals surface area contributed by atoms with Crippen LogP contribution in [0.5, 0.6) is 5.75 Å². The second kappa shape index (κ2) is 6.47. The molecule has 1 atom stereocenters. The Morgan fingerprint density at radius 3 is 2.61 bits per heavy atom. The lowest BCUT2D eigenvalue weighted by atomic mass is 10.2. The zero-order valence-corrected chi connectivity index (χ0v) is 13.4. The summed E-state index contributed by atoms with van der Waals surface area (Å²) >= 11 is 0. The number of benzene rings is 1. The third kappa shape index (κ3) is 3.47. The molecule has 8 heteroatoms. The number of aromatic nitrogens is 2. The van der Waals surface area contributed by atoms with Crippen molar-refractivity contribution in [2.75, 3.05) is 5.32 Å². The number of aryl methyl sites for hydroxylation is 2. The molecule has 2 aromatic rings. The van der Waals surface area contributed by atoms with E-state index in [2.05, 4.69) is 10.4 Å². The molecule has 23 heavy (non-hydrogen) atoms. The van der Waals surface area contributed by atoms with Crippen molar-refractivity contribution in [2.45, 2.75) is 26.9 Å². The summed E-state index contributed by atoms with van der Waals surface area (Å²) < 4.78 is 7.11. The molecule has 0 aliphatic rings. The number of nitrogens with zero attached hydrogens (tertiary/aromatic N) is 3. The summed E-state index contributed by atoms with van der Waals surface area (Å²) in [7, 11) is 1.78. The maximum Gasteiger partial charge on any atom is 0.310 e. The molecule has 0 aliphatic carbocycles. The zero-order chi connectivity index (χ0) is 17.1. The van der Waals surface area contributed by atoms with Crippen molar-refractivity contribution in [2.24, 2.45) is 7.05 Å². The van der Waals surface area contributed by atoms with Crippen molar-refractivity contribution in [3.63, 3.8) is 0 Å². The van der Waals surface area contributed by atoms with E-state index in [1.165, 1.54) is 25.1 Å². The van der Waals surface area contributed by atoms with Crippen LogP contribution in [0.15, 0.2) is 24.3 Å². The van der Waals surface area contributed by atoms with E-state index in [1.807, 2.05) is 6.92 Å². The average Bonchev–Trinajstić information content (AvgIpc) is 2.73. The summed E-state index contributed by atoms with van der Waals surface area (Å²) in [5.41, 5.74) is 1.95. The topological polar surface area (TPSA) is 99.3 Å². The van der Waals surface area contributed by atoms with Gasteiger partial charge in [0, 0.05) is 13.1 Å². The van der Waals surface area contributed by atoms with Gasteiger partial charge >= 0.3 is 5.69 Å². The largest absolute Gasteiger partial charge is 0.474 e. The fraction of sp³-hybridized carbons (Fsp3) is 0.333. The third-order valence-corrected chi connectivity index (χ3v) is 3.49. The molecule has 0 fully saturated rings. The number of nitro benzene ring substituents is 1. The van der Waals surface area contributed by atoms with Crippen LogP contribution in [-0.2, 0) is 11.8 Å². The first-order valence-corrected chi connectivity index (χ1v) is 7.02. The maximum atomic E-state index is 12.3. The van der Waals surface area contributed by atoms with Crippen molar-refractivity contribution >= 4 is 17.3 Å². The number of amides is 1. The Kier molecular flexibility index (Phi) is 4.63. The van der Waals surface area contributed by atoms with E-state index < -0.39 is 16.9 Å². The highest BCUT2D eigenvalue weighted by Gasteiger charge is 2.22. The number of para-hydroxylation sites is 2. The molecule has 122 valence electrons. The highest BCUT2D eigenvalue weighted by atomic mass is 16.6. The minimum absolute atomic E-state index is 0.0554. The molecule has 0 spiro atoms. The molecule has 1 N–H and O–H groups in total. The number of hydrogen-bond donors (Lipinski definition) is 1. The second-order valence-corrected chi connectivity index (χ2v) is 5.14. The molecule has 8 nitrogen and oxygen atoms in total. The van der Waals surface area contributed by atoms with Crippen molar-refractivity contribution in [1.29, 1.82) is 0 Å². The monoisotopic (exact) mass is 318 g/mol. The molecule has 0 saturated heterocycles. The number of carbonyl (C=O) groups is 1. The Labute approximate surface area is 133 Å². The Bertz CT molecular complexity index is 754. The van der Waals surface area contributed by atoms with E-state index >= 15 is 0 Å². The quantitative estimate of drug-likeness (QED) is 0.674. The van der Waals surface area contributed by atoms with Gasteiger partial charge in [-0.1, -0.05) is 12.1 Å². The number of rotatable bonds is 5. The summed E-state index contributed by atoms with van der Waals surface area (Å²) in [6, 6.07) is 5.94. The lowest BCUT2D eigenvalue weighted by Crippen LogP contribution is -2.30. The molecule has 0 saturated carbocycles. The van der Waals surface area contributed by atoms with Crippen LogP contribution in [0.4, 0.5) is 11.4 Å². The SMILES string of the molecule is Cc1nn(C)c(C)c1NC(=O)[C@@H](C)Oc1ccccc1[N+](=O)[O-]. The van der Waals surface area contributed by atoms with Gasteiger partial charge in [-0.25, -0.2) is 0 Å². The van der Waals surface area contributed by atoms with Crippen molar-refractivity contribution < 1.29 is 14.5 Å². The molecule has 1 amide bonds. The molecule has 1 aromatic heterocycles. The minimum Gasteiger partial charge on any atom is -0.474 e. The summed E-state index contributed by atoms with van der Waals surface area (Å²) in [6.45, 7) is 5.16. The van der Waals surface area contributed by atoms with Gasteiger partial charge in [0.25, 0.3) is 5.91 Å². The molecule has 0 bridgehead atoms. The highest BCUT2D eigenvalue weighted by molar-refractivity contribution is 5.95. The van der Waals surface area contributed by atoms with Gasteiger partial charge < -0.3 is 10.1 Å². The zero-order valence-electron chi connectivity index (χ0n) is 13.4. The summed E-state index contributed by atoms with van der Waals surface area (Å²) in [5.74, 6) is -0.345. The molecule has 0 radical (unpaired) electrons. The van der Waals surface area contributed by atoms with Crippen LogP contribution in [0.3, 0.4) is 0 Å². The molecule has 1 aromatic carbocycles. The number of carbonyl (C=O) groups excluding carboxylic acids is 1. The lowest BCUT2D eigenvalue weighted by Gasteiger charge is -2.14. The fourth-order valence-corrected chi connectivity index (χ4v) is 2.13. The third-order valence-electron chi connectivity index (χ3n) is 3.49. The van der Waals surface area contributed by atoms with Crippen LogP contribution in [0, 0.1) is 24.0 Å². The lowest BCUT2D eigenvalue weighted by molar-refractivity contribution is -0.386. The van der Waals surface area contributed by atoms with Crippen LogP contribution in [0.2, 0.25) is 0 Å². The van der Waals surface area contributed by atoms with Crippen LogP contribution in [0.1, 0.15) is 18.3 Å². The van der Waals surface area contributed by atoms with E-state index in [4.69, 9.17) is 4.74 Å². The smallest absolute Gasteiger partial charge is 0.310 e. The van der Waals surface area contributed by atoms with Crippen molar-refractivity contribution in [3.05, 3.63) is 45.8 Å². The van der Waals surface area contributed by atoms with Gasteiger partial charge in [0.15, 0.2) is 11.9 Å². The minimum atomic E-state index is -0.893. The van der Waals surface area contributed by atoms with E-state index in [9.17, 15) is 14.9 Å². The molecular formula is C15H18N4O4. The number of hydrogen-bond acceptors (Lipinski definition) is 5. The molecule has 2 rings (SSSR count). The molecule has 0 unspecified atom stereocenters. The first-order valence-electron chi connectivity index (χ1n) is 7.02. The summed E-state index contributed by atoms with van der Waals surface area (Å²) in [4.78, 5) is 22.7. The van der Waals surface area contributed by atoms with Gasteiger partial charge in [0.05, 0.1) is 22.0 Å². The fourth-order valence-electron chi connectivity index (χ4n) is 2.13. The Balaban J connectivity index is 2.13. The Hall–Kier alpha value is -2.90. The van der Waals surface area contributed by atoms with E-state index in [-0.39, 0.29) is 11.4 Å². The van der Waals surface area contributed by atoms with Gasteiger partial charge in [0.2, 0.25) is 0 Å². The number of anilines is 1. The Morgan fingerprint density at radius 2 is 2.04 bits per heavy atom. The summed E-state index contributed by atoms with van der Waals surface area (Å²) in [5, 5.41) is 17.9. The van der Waals surface area contributed by atoms with Crippen LogP contribution in [0.25, 0.3) is 0 Å². The first-order chi connectivity index (χ1) is 10.8. The summed E-state index contributed by atoms with van der Waals surface area (Å²) in [6.07, 6.45) is -0.893. The number of nitrogens with one attached hydrogen (secondary N) is 1. The second-order valence-electron chi connectivity index (χ2n) is 5.14. The van der Waals surface area contributed by atoms with Gasteiger partial charge in [-0.05, 0) is 26.8 Å². The van der Waals surface area contributed by atoms with Gasteiger partial charge in [-0.2, -0.15) is 5.10 Å². The standard InChI is InChI=1S/C15H18N4O4/c1-9-14(10(2)18(4)17-9)16-15(20)11(3)23-13-8-6-5-7-12(13)19(21)22/h5-8,11H,1-4H3,(H,16,20)/t11-/m1/s1. The van der Waals surface area contributed by atoms with E-state index in [0.29, 0.717) is 11.4 Å². The first kappa shape index (κ1) is 16.5. The molecular weight excluding hydrogens is 300 g/mol. The highest BCUT2D eigenvalue weighted by Crippen LogP contribution is 2.27. The maximum absolute atomic E-state index is 12.3. The van der Waals surface area contributed by atoms with E-state index in [0.717, 1.165) is 5.69 Å². The van der Waals surface area contributed by atoms with Gasteiger partial charge in [-0.15, -0.1) is 0 Å². The van der Waals surface area contributed by atoms with Gasteiger partial charge in [-0.3, -0.25) is 19.6 Å². The Morgan fingerprint density at radius 1 is 1.39 bits per heavy atom. The normalized spacial score (nSPS) is 11.8. The predicted molar refractivity (Wildman–Crippen MR) is 84.5 cm³/mol. The van der Waals surface area contributed by atoms with Crippen LogP contribution in [-0.4, -0.2) is 26.7 Å². The van der Waals surface area contributed by atoms with Crippen molar-refractivity contribution in [1.82, 2.24) is 9.78 Å². The van der Waals surface area contributed by atoms with Crippen LogP contribution < -0.4 is 10.1 Å². The van der Waals surface area contributed by atoms with E-state index in [1.54, 1.807) is 24.7 Å². The average molecular weight is 318 g/mol. The van der Waals surface area contributed by atoms with Crippen LogP contribution >= 0.6 is 0 Å². The number of nitro groups is 1. The predicted octanol–water partition coefficient (Wildman–Crippen LogP) is 2.35. The molecule has 0 aliphatic heterocycles. The van der Waals surface area contributed by atoms with Crippen molar-refractivity contribution in [3.8, 4) is 5.75 Å².